The number of para-hydroxylation sites is 1. The van der Waals surface area contributed by atoms with E-state index in [0.717, 1.165) is 41.9 Å². The Kier molecular flexibility index (Phi) is 16.4. The van der Waals surface area contributed by atoms with E-state index < -0.39 is 25.7 Å². The molecule has 63 heavy (non-hydrogen) atoms. The Morgan fingerprint density at radius 3 is 1.46 bits per heavy atom. The van der Waals surface area contributed by atoms with E-state index in [0.29, 0.717) is 10.3 Å². The minimum atomic E-state index is -2.79. The first-order valence-corrected chi connectivity index (χ1v) is 24.0. The maximum Gasteiger partial charge on any atom is 0.351 e. The van der Waals surface area contributed by atoms with Crippen molar-refractivity contribution in [3.8, 4) is 5.75 Å². The predicted molar refractivity (Wildman–Crippen MR) is 259 cm³/mol. The van der Waals surface area contributed by atoms with E-state index in [1.54, 1.807) is 36.4 Å². The number of ketones is 1. The van der Waals surface area contributed by atoms with Crippen LogP contribution >= 0.6 is 25.6 Å². The molecule has 0 spiro atoms. The van der Waals surface area contributed by atoms with Gasteiger partial charge in [0.1, 0.15) is 11.3 Å². The Hall–Kier alpha value is -5.30. The molecule has 2 aromatic heterocycles. The summed E-state index contributed by atoms with van der Waals surface area (Å²) in [5.41, 5.74) is -0.901. The molecule has 0 amide bonds. The number of benzene rings is 7. The standard InChI is InChI=1S/C18H10O4S.C18H15OP.C17H17OP.Eu/c19-16-11-6-2-3-7-12(11)22-18(21)15(16)17(20)14-9-10-5-1-4-8-13(10)23-14;19-20(16-10-4-1-5-11-16,17-12-6-2-7-13-17)18-14-8-3-9-15-18;1-3-15(4-2)19(18,16-11-7-5-8-12-16)17-13-9-6-10-14-17;/h1-9,19H;1-15H;3-14H,1H2,2H3;/b;;15-4+;. The molecule has 0 aliphatic rings. The Balaban J connectivity index is 0.000000157. The molecular formula is C53H42EuO6P2S. The molecule has 1 N–H and O–H groups in total. The molecule has 7 aromatic carbocycles. The van der Waals surface area contributed by atoms with Crippen molar-refractivity contribution in [3.05, 3.63) is 251 Å². The van der Waals surface area contributed by atoms with Crippen LogP contribution in [0.15, 0.2) is 240 Å². The van der Waals surface area contributed by atoms with Gasteiger partial charge in [-0.05, 0) is 36.6 Å². The van der Waals surface area contributed by atoms with Crippen molar-refractivity contribution >= 4 is 79.0 Å². The number of carbonyl (C=O) groups excluding carboxylic acids is 1. The molecule has 0 bridgehead atoms. The van der Waals surface area contributed by atoms with Crippen molar-refractivity contribution in [3.63, 3.8) is 0 Å². The molecule has 0 saturated heterocycles. The molecule has 9 rings (SSSR count). The average molecular weight is 1020 g/mol. The van der Waals surface area contributed by atoms with Gasteiger partial charge in [-0.1, -0.05) is 201 Å². The summed E-state index contributed by atoms with van der Waals surface area (Å²) in [6.45, 7) is 5.71. The van der Waals surface area contributed by atoms with E-state index in [-0.39, 0.29) is 66.3 Å². The van der Waals surface area contributed by atoms with Gasteiger partial charge in [-0.15, -0.1) is 11.3 Å². The van der Waals surface area contributed by atoms with Crippen LogP contribution in [0, 0.1) is 49.4 Å². The van der Waals surface area contributed by atoms with Gasteiger partial charge >= 0.3 is 5.63 Å². The molecule has 0 aliphatic carbocycles. The zero-order valence-electron chi connectivity index (χ0n) is 34.2. The Morgan fingerprint density at radius 2 is 1.02 bits per heavy atom. The number of rotatable bonds is 9. The van der Waals surface area contributed by atoms with E-state index in [9.17, 15) is 23.8 Å². The van der Waals surface area contributed by atoms with E-state index in [1.165, 1.54) is 11.3 Å². The monoisotopic (exact) mass is 1020 g/mol. The topological polar surface area (TPSA) is 102 Å². The summed E-state index contributed by atoms with van der Waals surface area (Å²) < 4.78 is 33.6. The third kappa shape index (κ3) is 10.2. The molecule has 0 saturated carbocycles. The summed E-state index contributed by atoms with van der Waals surface area (Å²) in [5, 5.41) is 16.7. The van der Waals surface area contributed by atoms with Crippen LogP contribution in [0.1, 0.15) is 22.2 Å². The van der Waals surface area contributed by atoms with Crippen molar-refractivity contribution < 1.29 is 72.8 Å². The van der Waals surface area contributed by atoms with Gasteiger partial charge in [-0.2, -0.15) is 0 Å². The number of thiophene rings is 1. The van der Waals surface area contributed by atoms with E-state index in [2.05, 4.69) is 6.58 Å². The van der Waals surface area contributed by atoms with E-state index >= 15 is 0 Å². The molecule has 0 atom stereocenters. The van der Waals surface area contributed by atoms with Crippen molar-refractivity contribution in [1.29, 1.82) is 0 Å². The van der Waals surface area contributed by atoms with Gasteiger partial charge < -0.3 is 18.7 Å². The number of hydrogen-bond acceptors (Lipinski definition) is 7. The van der Waals surface area contributed by atoms with E-state index in [4.69, 9.17) is 4.42 Å². The average Bonchev–Trinajstić information content (AvgIpc) is 3.78. The molecule has 0 aliphatic heterocycles. The molecule has 10 heteroatoms. The summed E-state index contributed by atoms with van der Waals surface area (Å²) >= 11 is 1.28. The molecule has 0 fully saturated rings. The number of allylic oxidation sites excluding steroid dienone is 3. The number of aromatic hydroxyl groups is 1. The smallest absolute Gasteiger partial charge is 0.351 e. The second-order valence-corrected chi connectivity index (χ2v) is 20.5. The summed E-state index contributed by atoms with van der Waals surface area (Å²) in [6.07, 6.45) is 3.58. The molecule has 1 radical (unpaired) electrons. The molecule has 2 heterocycles. The first-order chi connectivity index (χ1) is 30.2. The molecule has 6 nitrogen and oxygen atoms in total. The van der Waals surface area contributed by atoms with Gasteiger partial charge in [0, 0.05) is 85.9 Å². The second kappa shape index (κ2) is 21.9. The molecular weight excluding hydrogens is 979 g/mol. The van der Waals surface area contributed by atoms with Gasteiger partial charge in [-0.25, -0.2) is 4.79 Å². The van der Waals surface area contributed by atoms with Crippen LogP contribution in [0.25, 0.3) is 21.1 Å². The van der Waals surface area contributed by atoms with Crippen molar-refractivity contribution in [1.82, 2.24) is 0 Å². The maximum absolute atomic E-state index is 13.8. The van der Waals surface area contributed by atoms with Gasteiger partial charge in [0.2, 0.25) is 5.78 Å². The number of carbonyl (C=O) groups is 1. The minimum Gasteiger partial charge on any atom is -0.506 e. The third-order valence-corrected chi connectivity index (χ3v) is 17.5. The predicted octanol–water partition coefficient (Wildman–Crippen LogP) is 11.4. The molecule has 0 unspecified atom stereocenters. The largest absolute Gasteiger partial charge is 0.506 e. The normalized spacial score (nSPS) is 11.3. The van der Waals surface area contributed by atoms with Crippen molar-refractivity contribution in [2.45, 2.75) is 6.92 Å². The zero-order valence-corrected chi connectivity index (χ0v) is 39.2. The van der Waals surface area contributed by atoms with E-state index in [1.807, 2.05) is 189 Å². The SMILES string of the molecule is C=C/C(=C\C)P(=O)(c1ccccc1)c1ccccc1.O=C(c1cc2ccccc2s1)c1c(O)c2ccccc2oc1=O.O=P(c1ccccc1)(c1ccccc1)c1ccccc1.[Eu]. The maximum atomic E-state index is 13.8. The summed E-state index contributed by atoms with van der Waals surface area (Å²) in [6, 6.07) is 64.2. The molecule has 313 valence electrons. The van der Waals surface area contributed by atoms with Crippen LogP contribution in [0.3, 0.4) is 0 Å². The number of fused-ring (bicyclic) bond motifs is 2. The summed E-state index contributed by atoms with van der Waals surface area (Å²) in [7, 11) is -5.57. The van der Waals surface area contributed by atoms with Gasteiger partial charge in [0.15, 0.2) is 19.8 Å². The first kappa shape index (κ1) is 47.2. The van der Waals surface area contributed by atoms with Crippen molar-refractivity contribution in [2.75, 3.05) is 0 Å². The Bertz CT molecular complexity index is 2970. The van der Waals surface area contributed by atoms with Gasteiger partial charge in [0.25, 0.3) is 0 Å². The Labute approximate surface area is 411 Å². The van der Waals surface area contributed by atoms with Gasteiger partial charge in [0.05, 0.1) is 10.3 Å². The fourth-order valence-electron chi connectivity index (χ4n) is 7.06. The third-order valence-electron chi connectivity index (χ3n) is 10.1. The van der Waals surface area contributed by atoms with Crippen LogP contribution in [-0.2, 0) is 9.13 Å². The van der Waals surface area contributed by atoms with Crippen LogP contribution in [0.4, 0.5) is 0 Å². The minimum absolute atomic E-state index is 0. The van der Waals surface area contributed by atoms with Gasteiger partial charge in [-0.3, -0.25) is 4.79 Å². The second-order valence-electron chi connectivity index (χ2n) is 13.9. The Morgan fingerprint density at radius 1 is 0.603 bits per heavy atom. The van der Waals surface area contributed by atoms with Crippen LogP contribution in [-0.4, -0.2) is 10.9 Å². The first-order valence-electron chi connectivity index (χ1n) is 19.8. The fourth-order valence-corrected chi connectivity index (χ4v) is 13.4. The summed E-state index contributed by atoms with van der Waals surface area (Å²) in [5.74, 6) is -0.859. The van der Waals surface area contributed by atoms with Crippen LogP contribution in [0.5, 0.6) is 5.75 Å². The fraction of sp³-hybridized carbons (Fsp3) is 0.0189. The van der Waals surface area contributed by atoms with Crippen LogP contribution in [0.2, 0.25) is 0 Å². The van der Waals surface area contributed by atoms with Crippen molar-refractivity contribution in [2.24, 2.45) is 0 Å². The summed E-state index contributed by atoms with van der Waals surface area (Å²) in [4.78, 5) is 25.2. The van der Waals surface area contributed by atoms with Crippen LogP contribution < -0.4 is 32.1 Å². The molecule has 9 aromatic rings. The zero-order chi connectivity index (χ0) is 43.5. The quantitative estimate of drug-likeness (QED) is 0.0669. The number of hydrogen-bond donors (Lipinski definition) is 1.